The molecule has 2 aliphatic rings. The highest BCUT2D eigenvalue weighted by atomic mass is 19.1. The van der Waals surface area contributed by atoms with Crippen LogP contribution in [0.2, 0.25) is 0 Å². The first-order chi connectivity index (χ1) is 16.9. The molecule has 4 heterocycles. The number of nitrogens with zero attached hydrogens (tertiary/aromatic N) is 5. The van der Waals surface area contributed by atoms with Crippen molar-refractivity contribution in [1.82, 2.24) is 15.0 Å². The molecule has 1 saturated heterocycles. The third-order valence-corrected chi connectivity index (χ3v) is 6.49. The summed E-state index contributed by atoms with van der Waals surface area (Å²) in [5.41, 5.74) is 3.31. The summed E-state index contributed by atoms with van der Waals surface area (Å²) in [7, 11) is 1.85. The Bertz CT molecular complexity index is 1220. The van der Waals surface area contributed by atoms with E-state index < -0.39 is 0 Å². The van der Waals surface area contributed by atoms with Crippen molar-refractivity contribution in [3.05, 3.63) is 59.7 Å². The first-order valence-electron chi connectivity index (χ1n) is 11.7. The van der Waals surface area contributed by atoms with E-state index in [0.29, 0.717) is 35.6 Å². The summed E-state index contributed by atoms with van der Waals surface area (Å²) < 4.78 is 19.2. The number of halogens is 1. The van der Waals surface area contributed by atoms with Crippen LogP contribution in [-0.4, -0.2) is 53.1 Å². The molecule has 9 nitrogen and oxygen atoms in total. The molecule has 2 aromatic heterocycles. The quantitative estimate of drug-likeness (QED) is 0.558. The van der Waals surface area contributed by atoms with Crippen LogP contribution in [0.5, 0.6) is 5.88 Å². The van der Waals surface area contributed by atoms with Gasteiger partial charge in [-0.05, 0) is 43.7 Å². The highest BCUT2D eigenvalue weighted by molar-refractivity contribution is 6.03. The molecular weight excluding hydrogens is 449 g/mol. The molecule has 0 aliphatic carbocycles. The summed E-state index contributed by atoms with van der Waals surface area (Å²) in [5, 5.41) is 6.13. The number of carbonyl (C=O) groups is 1. The summed E-state index contributed by atoms with van der Waals surface area (Å²) >= 11 is 0. The smallest absolute Gasteiger partial charge is 0.246 e. The Morgan fingerprint density at radius 1 is 1.20 bits per heavy atom. The highest BCUT2D eigenvalue weighted by Crippen LogP contribution is 2.32. The molecule has 3 aromatic rings. The molecule has 10 heteroatoms. The average molecular weight is 478 g/mol. The Morgan fingerprint density at radius 3 is 2.74 bits per heavy atom. The maximum Gasteiger partial charge on any atom is 0.246 e. The van der Waals surface area contributed by atoms with Gasteiger partial charge in [-0.1, -0.05) is 6.07 Å². The number of aromatic nitrogens is 3. The molecule has 1 fully saturated rings. The highest BCUT2D eigenvalue weighted by Gasteiger charge is 2.30. The van der Waals surface area contributed by atoms with E-state index in [4.69, 9.17) is 4.74 Å². The third kappa shape index (κ3) is 4.82. The Hall–Kier alpha value is -3.95. The predicted octanol–water partition coefficient (Wildman–Crippen LogP) is 3.37. The van der Waals surface area contributed by atoms with Gasteiger partial charge in [-0.3, -0.25) is 4.79 Å². The fourth-order valence-corrected chi connectivity index (χ4v) is 4.27. The number of carbonyl (C=O) groups excluding carboxylic acids is 1. The van der Waals surface area contributed by atoms with E-state index >= 15 is 0 Å². The number of nitrogens with one attached hydrogen (secondary N) is 2. The summed E-state index contributed by atoms with van der Waals surface area (Å²) in [6.07, 6.45) is 2.68. The standard InChI is InChI=1S/C25H28FN7O2/c1-15-22-23(32(3)16(2)24(34)30-22)31-25(29-15)28-13-17-4-9-21(27-12-17)35-20-10-11-33(14-20)19-7-5-18(26)6-8-19/h4-9,12,16,20H,10-11,13-14H2,1-3H3,(H,30,34)(H,28,29,31)/t16-,20?/m0/s1. The molecule has 2 N–H and O–H groups in total. The monoisotopic (exact) mass is 477 g/mol. The van der Waals surface area contributed by atoms with Crippen LogP contribution in [0, 0.1) is 12.7 Å². The Balaban J connectivity index is 1.17. The fourth-order valence-electron chi connectivity index (χ4n) is 4.27. The number of aryl methyl sites for hydroxylation is 1. The zero-order valence-electron chi connectivity index (χ0n) is 20.0. The van der Waals surface area contributed by atoms with Crippen LogP contribution in [-0.2, 0) is 11.3 Å². The van der Waals surface area contributed by atoms with Gasteiger partial charge in [0, 0.05) is 44.5 Å². The van der Waals surface area contributed by atoms with Crippen LogP contribution in [0.4, 0.5) is 27.5 Å². The van der Waals surface area contributed by atoms with Gasteiger partial charge in [0.05, 0.1) is 12.2 Å². The molecule has 0 radical (unpaired) electrons. The molecule has 1 unspecified atom stereocenters. The van der Waals surface area contributed by atoms with Crippen molar-refractivity contribution < 1.29 is 13.9 Å². The topological polar surface area (TPSA) is 95.5 Å². The average Bonchev–Trinajstić information content (AvgIpc) is 3.32. The summed E-state index contributed by atoms with van der Waals surface area (Å²) in [5.74, 6) is 1.46. The van der Waals surface area contributed by atoms with E-state index in [-0.39, 0.29) is 23.9 Å². The van der Waals surface area contributed by atoms with Crippen molar-refractivity contribution in [2.24, 2.45) is 0 Å². The van der Waals surface area contributed by atoms with E-state index in [1.165, 1.54) is 12.1 Å². The second-order valence-corrected chi connectivity index (χ2v) is 8.92. The summed E-state index contributed by atoms with van der Waals surface area (Å²) in [4.78, 5) is 29.7. The minimum absolute atomic E-state index is 0.0308. The molecular formula is C25H28FN7O2. The first-order valence-corrected chi connectivity index (χ1v) is 11.7. The molecule has 35 heavy (non-hydrogen) atoms. The number of anilines is 4. The van der Waals surface area contributed by atoms with Crippen molar-refractivity contribution in [2.75, 3.05) is 40.6 Å². The zero-order valence-corrected chi connectivity index (χ0v) is 20.0. The van der Waals surface area contributed by atoms with Gasteiger partial charge >= 0.3 is 0 Å². The van der Waals surface area contributed by atoms with Gasteiger partial charge in [0.1, 0.15) is 23.7 Å². The van der Waals surface area contributed by atoms with E-state index in [2.05, 4.69) is 30.5 Å². The maximum absolute atomic E-state index is 13.2. The molecule has 0 spiro atoms. The van der Waals surface area contributed by atoms with Crippen LogP contribution in [0.3, 0.4) is 0 Å². The van der Waals surface area contributed by atoms with Crippen molar-refractivity contribution >= 4 is 29.0 Å². The fraction of sp³-hybridized carbons (Fsp3) is 0.360. The molecule has 2 atom stereocenters. The van der Waals surface area contributed by atoms with Crippen LogP contribution >= 0.6 is 0 Å². The number of pyridine rings is 1. The largest absolute Gasteiger partial charge is 0.472 e. The van der Waals surface area contributed by atoms with Gasteiger partial charge in [-0.2, -0.15) is 4.98 Å². The Morgan fingerprint density at radius 2 is 2.00 bits per heavy atom. The lowest BCUT2D eigenvalue weighted by atomic mass is 10.2. The van der Waals surface area contributed by atoms with Gasteiger partial charge in [0.15, 0.2) is 5.82 Å². The molecule has 1 amide bonds. The third-order valence-electron chi connectivity index (χ3n) is 6.49. The van der Waals surface area contributed by atoms with E-state index in [1.54, 1.807) is 18.3 Å². The number of benzene rings is 1. The number of fused-ring (bicyclic) bond motifs is 1. The van der Waals surface area contributed by atoms with Crippen LogP contribution in [0.15, 0.2) is 42.6 Å². The van der Waals surface area contributed by atoms with Gasteiger partial charge in [-0.25, -0.2) is 14.4 Å². The second kappa shape index (κ2) is 9.36. The molecule has 0 saturated carbocycles. The van der Waals surface area contributed by atoms with Crippen molar-refractivity contribution in [3.63, 3.8) is 0 Å². The van der Waals surface area contributed by atoms with Gasteiger partial charge in [0.25, 0.3) is 0 Å². The summed E-state index contributed by atoms with van der Waals surface area (Å²) in [6, 6.07) is 10.1. The number of likely N-dealkylation sites (N-methyl/N-ethyl adjacent to an activating group) is 1. The predicted molar refractivity (Wildman–Crippen MR) is 132 cm³/mol. The lowest BCUT2D eigenvalue weighted by Gasteiger charge is -2.32. The lowest BCUT2D eigenvalue weighted by Crippen LogP contribution is -2.44. The van der Waals surface area contributed by atoms with Crippen LogP contribution < -0.4 is 25.2 Å². The van der Waals surface area contributed by atoms with E-state index in [9.17, 15) is 9.18 Å². The van der Waals surface area contributed by atoms with Gasteiger partial charge in [0.2, 0.25) is 17.7 Å². The molecule has 1 aromatic carbocycles. The molecule has 2 aliphatic heterocycles. The molecule has 0 bridgehead atoms. The van der Waals surface area contributed by atoms with Crippen LogP contribution in [0.1, 0.15) is 24.6 Å². The van der Waals surface area contributed by atoms with E-state index in [0.717, 1.165) is 30.8 Å². The summed E-state index contributed by atoms with van der Waals surface area (Å²) in [6.45, 7) is 5.78. The zero-order chi connectivity index (χ0) is 24.5. The number of hydrogen-bond donors (Lipinski definition) is 2. The number of amides is 1. The van der Waals surface area contributed by atoms with Crippen LogP contribution in [0.25, 0.3) is 0 Å². The molecule has 5 rings (SSSR count). The normalized spacial score (nSPS) is 19.4. The lowest BCUT2D eigenvalue weighted by molar-refractivity contribution is -0.117. The first kappa shape index (κ1) is 22.8. The van der Waals surface area contributed by atoms with Gasteiger partial charge in [-0.15, -0.1) is 0 Å². The Kier molecular flexibility index (Phi) is 6.10. The Labute approximate surface area is 203 Å². The minimum Gasteiger partial charge on any atom is -0.472 e. The number of ether oxygens (including phenoxy) is 1. The SMILES string of the molecule is Cc1nc(NCc2ccc(OC3CCN(c4ccc(F)cc4)C3)nc2)nc2c1NC(=O)[C@H](C)N2C. The van der Waals surface area contributed by atoms with Crippen molar-refractivity contribution in [2.45, 2.75) is 39.0 Å². The van der Waals surface area contributed by atoms with Gasteiger partial charge < -0.3 is 25.2 Å². The van der Waals surface area contributed by atoms with E-state index in [1.807, 2.05) is 37.9 Å². The second-order valence-electron chi connectivity index (χ2n) is 8.92. The molecule has 182 valence electrons. The number of hydrogen-bond acceptors (Lipinski definition) is 8. The van der Waals surface area contributed by atoms with Crippen molar-refractivity contribution in [3.8, 4) is 5.88 Å². The van der Waals surface area contributed by atoms with Crippen molar-refractivity contribution in [1.29, 1.82) is 0 Å². The maximum atomic E-state index is 13.2. The number of rotatable bonds is 6. The minimum atomic E-state index is -0.302.